The number of rotatable bonds is 7. The minimum absolute atomic E-state index is 0.0172. The summed E-state index contributed by atoms with van der Waals surface area (Å²) in [6.07, 6.45) is 1.82. The van der Waals surface area contributed by atoms with Gasteiger partial charge in [0.2, 0.25) is 5.28 Å². The summed E-state index contributed by atoms with van der Waals surface area (Å²) in [7, 11) is -2.11. The standard InChI is InChI=1S/C14H18ClN3O3S/c1-18-10-13(17-14(18)15)22(20,21)16-9-12(7-8-19)11-5-3-2-4-6-11/h2-6,10,12,16,19H,7-9H2,1H3. The first-order chi connectivity index (χ1) is 10.4. The molecule has 0 aliphatic carbocycles. The molecule has 0 radical (unpaired) electrons. The van der Waals surface area contributed by atoms with Crippen molar-refractivity contribution in [3.63, 3.8) is 0 Å². The van der Waals surface area contributed by atoms with Crippen LogP contribution in [0.25, 0.3) is 0 Å². The summed E-state index contributed by atoms with van der Waals surface area (Å²) in [5.41, 5.74) is 0.971. The topological polar surface area (TPSA) is 84.2 Å². The molecule has 1 aromatic heterocycles. The zero-order valence-electron chi connectivity index (χ0n) is 12.1. The van der Waals surface area contributed by atoms with Gasteiger partial charge in [0.05, 0.1) is 0 Å². The van der Waals surface area contributed by atoms with Crippen LogP contribution in [0.15, 0.2) is 41.6 Å². The molecule has 0 amide bonds. The zero-order chi connectivity index (χ0) is 16.2. The Bertz CT molecular complexity index is 697. The number of aliphatic hydroxyl groups is 1. The van der Waals surface area contributed by atoms with Gasteiger partial charge in [-0.3, -0.25) is 0 Å². The second kappa shape index (κ2) is 7.23. The van der Waals surface area contributed by atoms with Gasteiger partial charge in [-0.1, -0.05) is 30.3 Å². The molecule has 1 heterocycles. The van der Waals surface area contributed by atoms with Crippen LogP contribution < -0.4 is 4.72 Å². The molecule has 0 spiro atoms. The summed E-state index contributed by atoms with van der Waals surface area (Å²) in [6.45, 7) is 0.164. The average Bonchev–Trinajstić information content (AvgIpc) is 2.85. The van der Waals surface area contributed by atoms with Crippen LogP contribution in [-0.2, 0) is 17.1 Å². The number of aromatic nitrogens is 2. The van der Waals surface area contributed by atoms with Gasteiger partial charge in [-0.2, -0.15) is 0 Å². The third kappa shape index (κ3) is 4.07. The largest absolute Gasteiger partial charge is 0.396 e. The van der Waals surface area contributed by atoms with Crippen LogP contribution in [0.1, 0.15) is 17.9 Å². The molecule has 0 saturated carbocycles. The van der Waals surface area contributed by atoms with E-state index in [1.165, 1.54) is 10.8 Å². The van der Waals surface area contributed by atoms with Gasteiger partial charge in [-0.05, 0) is 29.5 Å². The molecular formula is C14H18ClN3O3S. The Morgan fingerprint density at radius 2 is 2.05 bits per heavy atom. The monoisotopic (exact) mass is 343 g/mol. The quantitative estimate of drug-likeness (QED) is 0.798. The van der Waals surface area contributed by atoms with Crippen molar-refractivity contribution in [1.29, 1.82) is 0 Å². The lowest BCUT2D eigenvalue weighted by molar-refractivity contribution is 0.275. The van der Waals surface area contributed by atoms with Crippen molar-refractivity contribution in [2.75, 3.05) is 13.2 Å². The number of aryl methyl sites for hydroxylation is 1. The Kier molecular flexibility index (Phi) is 5.57. The summed E-state index contributed by atoms with van der Waals surface area (Å²) in [5, 5.41) is 9.17. The molecule has 0 aliphatic rings. The number of sulfonamides is 1. The fourth-order valence-corrected chi connectivity index (χ4v) is 3.36. The highest BCUT2D eigenvalue weighted by atomic mass is 35.5. The van der Waals surface area contributed by atoms with Crippen molar-refractivity contribution in [2.45, 2.75) is 17.4 Å². The van der Waals surface area contributed by atoms with E-state index >= 15 is 0 Å². The van der Waals surface area contributed by atoms with Gasteiger partial charge in [0.1, 0.15) is 0 Å². The Morgan fingerprint density at radius 3 is 2.59 bits per heavy atom. The first kappa shape index (κ1) is 17.0. The SMILES string of the molecule is Cn1cc(S(=O)(=O)NCC(CCO)c2ccccc2)nc1Cl. The minimum Gasteiger partial charge on any atom is -0.396 e. The van der Waals surface area contributed by atoms with E-state index in [2.05, 4.69) is 9.71 Å². The molecule has 0 saturated heterocycles. The number of aliphatic hydroxyl groups excluding tert-OH is 1. The number of benzene rings is 1. The number of hydrogen-bond acceptors (Lipinski definition) is 4. The van der Waals surface area contributed by atoms with Gasteiger partial charge < -0.3 is 9.67 Å². The molecule has 2 aromatic rings. The summed E-state index contributed by atoms with van der Waals surface area (Å²) in [4.78, 5) is 3.81. The summed E-state index contributed by atoms with van der Waals surface area (Å²) in [5.74, 6) is -0.111. The van der Waals surface area contributed by atoms with Crippen molar-refractivity contribution >= 4 is 21.6 Å². The van der Waals surface area contributed by atoms with E-state index in [-0.39, 0.29) is 29.4 Å². The van der Waals surface area contributed by atoms with Crippen LogP contribution in [0.4, 0.5) is 0 Å². The summed E-state index contributed by atoms with van der Waals surface area (Å²) >= 11 is 5.77. The van der Waals surface area contributed by atoms with E-state index < -0.39 is 10.0 Å². The molecule has 1 unspecified atom stereocenters. The maximum absolute atomic E-state index is 12.2. The highest BCUT2D eigenvalue weighted by Gasteiger charge is 2.21. The van der Waals surface area contributed by atoms with Gasteiger partial charge in [0.15, 0.2) is 5.03 Å². The molecule has 8 heteroatoms. The second-order valence-corrected chi connectivity index (χ2v) is 6.98. The maximum Gasteiger partial charge on any atom is 0.259 e. The van der Waals surface area contributed by atoms with Crippen LogP contribution in [0.3, 0.4) is 0 Å². The predicted molar refractivity (Wildman–Crippen MR) is 84.3 cm³/mol. The van der Waals surface area contributed by atoms with E-state index in [0.717, 1.165) is 5.56 Å². The smallest absolute Gasteiger partial charge is 0.259 e. The fourth-order valence-electron chi connectivity index (χ4n) is 2.10. The third-order valence-corrected chi connectivity index (χ3v) is 4.99. The Labute approximate surface area is 134 Å². The van der Waals surface area contributed by atoms with E-state index in [0.29, 0.717) is 6.42 Å². The van der Waals surface area contributed by atoms with Crippen LogP contribution in [0.2, 0.25) is 5.28 Å². The summed E-state index contributed by atoms with van der Waals surface area (Å²) < 4.78 is 28.4. The molecule has 1 atom stereocenters. The Hall–Kier alpha value is -1.41. The van der Waals surface area contributed by atoms with Crippen molar-refractivity contribution in [2.24, 2.45) is 7.05 Å². The lowest BCUT2D eigenvalue weighted by Gasteiger charge is -2.16. The van der Waals surface area contributed by atoms with E-state index in [4.69, 9.17) is 11.6 Å². The fraction of sp³-hybridized carbons (Fsp3) is 0.357. The lowest BCUT2D eigenvalue weighted by Crippen LogP contribution is -2.29. The molecule has 22 heavy (non-hydrogen) atoms. The number of nitrogens with one attached hydrogen (secondary N) is 1. The molecular weight excluding hydrogens is 326 g/mol. The van der Waals surface area contributed by atoms with Gasteiger partial charge in [-0.15, -0.1) is 0 Å². The van der Waals surface area contributed by atoms with Gasteiger partial charge in [0.25, 0.3) is 10.0 Å². The average molecular weight is 344 g/mol. The van der Waals surface area contributed by atoms with Gasteiger partial charge >= 0.3 is 0 Å². The first-order valence-corrected chi connectivity index (χ1v) is 8.64. The van der Waals surface area contributed by atoms with Crippen LogP contribution in [-0.4, -0.2) is 36.2 Å². The van der Waals surface area contributed by atoms with E-state index in [1.807, 2.05) is 30.3 Å². The van der Waals surface area contributed by atoms with Gasteiger partial charge in [-0.25, -0.2) is 18.1 Å². The lowest BCUT2D eigenvalue weighted by atomic mass is 9.96. The van der Waals surface area contributed by atoms with Crippen LogP contribution >= 0.6 is 11.6 Å². The van der Waals surface area contributed by atoms with Crippen LogP contribution in [0.5, 0.6) is 0 Å². The first-order valence-electron chi connectivity index (χ1n) is 6.78. The predicted octanol–water partition coefficient (Wildman–Crippen LogP) is 1.52. The Balaban J connectivity index is 2.11. The van der Waals surface area contributed by atoms with E-state index in [1.54, 1.807) is 7.05 Å². The number of halogens is 1. The molecule has 6 nitrogen and oxygen atoms in total. The number of imidazole rings is 1. The molecule has 2 N–H and O–H groups in total. The molecule has 120 valence electrons. The van der Waals surface area contributed by atoms with Crippen molar-refractivity contribution in [3.05, 3.63) is 47.4 Å². The molecule has 0 bridgehead atoms. The number of hydrogen-bond donors (Lipinski definition) is 2. The number of nitrogens with zero attached hydrogens (tertiary/aromatic N) is 2. The van der Waals surface area contributed by atoms with Crippen molar-refractivity contribution in [1.82, 2.24) is 14.3 Å². The molecule has 0 aliphatic heterocycles. The van der Waals surface area contributed by atoms with Crippen molar-refractivity contribution in [3.8, 4) is 0 Å². The van der Waals surface area contributed by atoms with Crippen molar-refractivity contribution < 1.29 is 13.5 Å². The molecule has 2 rings (SSSR count). The highest BCUT2D eigenvalue weighted by molar-refractivity contribution is 7.89. The zero-order valence-corrected chi connectivity index (χ0v) is 13.7. The molecule has 0 fully saturated rings. The third-order valence-electron chi connectivity index (χ3n) is 3.34. The summed E-state index contributed by atoms with van der Waals surface area (Å²) in [6, 6.07) is 9.47. The van der Waals surface area contributed by atoms with E-state index in [9.17, 15) is 13.5 Å². The second-order valence-electron chi connectivity index (χ2n) is 4.93. The van der Waals surface area contributed by atoms with Crippen LogP contribution in [0, 0.1) is 0 Å². The molecule has 1 aromatic carbocycles. The maximum atomic E-state index is 12.2. The highest BCUT2D eigenvalue weighted by Crippen LogP contribution is 2.19. The normalized spacial score (nSPS) is 13.2. The minimum atomic E-state index is -3.73. The van der Waals surface area contributed by atoms with Gasteiger partial charge in [0, 0.05) is 26.4 Å². The Morgan fingerprint density at radius 1 is 1.36 bits per heavy atom.